The molecule has 34 heavy (non-hydrogen) atoms. The van der Waals surface area contributed by atoms with Crippen molar-refractivity contribution in [1.29, 1.82) is 0 Å². The lowest BCUT2D eigenvalue weighted by Crippen LogP contribution is -2.85. The largest absolute Gasteiger partial charge is 0.483 e. The Kier molecular flexibility index (Phi) is 3.38. The van der Waals surface area contributed by atoms with Crippen molar-refractivity contribution in [3.8, 4) is 5.75 Å². The number of nitrogens with one attached hydrogen (secondary N) is 1. The number of rotatable bonds is 0. The highest BCUT2D eigenvalue weighted by molar-refractivity contribution is 6.07. The molecular weight excluding hydrogens is 430 g/mol. The Hall–Kier alpha value is -2.96. The van der Waals surface area contributed by atoms with Gasteiger partial charge in [0.25, 0.3) is 0 Å². The molecule has 1 aromatic heterocycles. The minimum absolute atomic E-state index is 0.00405. The molecule has 1 aliphatic carbocycles. The van der Waals surface area contributed by atoms with Gasteiger partial charge < -0.3 is 20.2 Å². The van der Waals surface area contributed by atoms with Crippen LogP contribution in [0.15, 0.2) is 18.2 Å². The molecule has 2 amide bonds. The van der Waals surface area contributed by atoms with Crippen molar-refractivity contribution in [2.45, 2.75) is 81.9 Å². The van der Waals surface area contributed by atoms with Gasteiger partial charge in [0.2, 0.25) is 11.8 Å². The van der Waals surface area contributed by atoms with Gasteiger partial charge in [-0.1, -0.05) is 20.8 Å². The van der Waals surface area contributed by atoms with Crippen molar-refractivity contribution in [2.75, 3.05) is 6.54 Å². The van der Waals surface area contributed by atoms with Crippen molar-refractivity contribution in [3.63, 3.8) is 0 Å². The van der Waals surface area contributed by atoms with Crippen LogP contribution in [0, 0.1) is 5.92 Å². The molecule has 8 rings (SSSR count). The number of piperazine rings is 1. The van der Waals surface area contributed by atoms with Crippen LogP contribution in [0.5, 0.6) is 5.75 Å². The molecule has 4 saturated heterocycles. The second-order valence-corrected chi connectivity index (χ2v) is 12.1. The molecule has 2 N–H and O–H groups in total. The second-order valence-electron chi connectivity index (χ2n) is 12.1. The molecule has 3 unspecified atom stereocenters. The standard InChI is InChI=1S/C27H31N3O4/c1-14-19-16-7-8-17-15(9-11-24(2,3)34-17)20(16)30(33)21(19)25(4,5)18-13-26-10-6-12-29(26)23(32)27(14,18)28-22(26)31/h7-9,11,14,18,33H,6,10,12-13H2,1-5H3,(H,28,31)/t14?,18?,26?,27-/m0/s1. The maximum absolute atomic E-state index is 14.1. The number of piperidine rings is 2. The predicted molar refractivity (Wildman–Crippen MR) is 127 cm³/mol. The highest BCUT2D eigenvalue weighted by Crippen LogP contribution is 2.63. The maximum Gasteiger partial charge on any atom is 0.250 e. The van der Waals surface area contributed by atoms with Crippen LogP contribution in [-0.2, 0) is 15.0 Å². The van der Waals surface area contributed by atoms with E-state index in [4.69, 9.17) is 4.74 Å². The molecule has 4 atom stereocenters. The third-order valence-electron chi connectivity index (χ3n) is 9.69. The monoisotopic (exact) mass is 461 g/mol. The zero-order valence-corrected chi connectivity index (χ0v) is 20.4. The van der Waals surface area contributed by atoms with E-state index in [2.05, 4.69) is 19.2 Å². The van der Waals surface area contributed by atoms with E-state index < -0.39 is 22.1 Å². The predicted octanol–water partition coefficient (Wildman–Crippen LogP) is 3.71. The highest BCUT2D eigenvalue weighted by Gasteiger charge is 2.75. The summed E-state index contributed by atoms with van der Waals surface area (Å²) in [5.41, 5.74) is 0.632. The zero-order chi connectivity index (χ0) is 24.0. The molecule has 0 radical (unpaired) electrons. The summed E-state index contributed by atoms with van der Waals surface area (Å²) in [5, 5.41) is 15.9. The average Bonchev–Trinajstić information content (AvgIpc) is 3.33. The van der Waals surface area contributed by atoms with Gasteiger partial charge in [0.15, 0.2) is 0 Å². The van der Waals surface area contributed by atoms with E-state index in [0.29, 0.717) is 24.9 Å². The molecule has 7 heteroatoms. The number of nitrogens with zero attached hydrogens (tertiary/aromatic N) is 2. The van der Waals surface area contributed by atoms with Gasteiger partial charge >= 0.3 is 0 Å². The van der Waals surface area contributed by atoms with Crippen LogP contribution in [0.1, 0.15) is 76.6 Å². The average molecular weight is 462 g/mol. The molecule has 6 aliphatic rings. The first kappa shape index (κ1) is 20.4. The van der Waals surface area contributed by atoms with Crippen molar-refractivity contribution in [2.24, 2.45) is 5.92 Å². The van der Waals surface area contributed by atoms with Gasteiger partial charge in [-0.15, -0.1) is 0 Å². The van der Waals surface area contributed by atoms with Gasteiger partial charge in [-0.3, -0.25) is 9.59 Å². The quantitative estimate of drug-likeness (QED) is 0.586. The van der Waals surface area contributed by atoms with E-state index in [0.717, 1.165) is 34.4 Å². The van der Waals surface area contributed by atoms with Crippen molar-refractivity contribution < 1.29 is 19.5 Å². The normalized spacial score (nSPS) is 36.0. The number of ether oxygens (including phenoxy) is 1. The van der Waals surface area contributed by atoms with E-state index in [1.807, 2.05) is 50.0 Å². The highest BCUT2D eigenvalue weighted by atomic mass is 16.5. The van der Waals surface area contributed by atoms with Gasteiger partial charge in [0, 0.05) is 34.7 Å². The maximum atomic E-state index is 14.1. The van der Waals surface area contributed by atoms with Gasteiger partial charge in [0.05, 0.1) is 11.2 Å². The number of aromatic nitrogens is 1. The van der Waals surface area contributed by atoms with E-state index in [1.165, 1.54) is 4.73 Å². The molecule has 178 valence electrons. The fraction of sp³-hybridized carbons (Fsp3) is 0.556. The number of hydrogen-bond donors (Lipinski definition) is 2. The lowest BCUT2D eigenvalue weighted by Gasteiger charge is -2.66. The molecule has 4 fully saturated rings. The Morgan fingerprint density at radius 3 is 2.71 bits per heavy atom. The van der Waals surface area contributed by atoms with Gasteiger partial charge in [0.1, 0.15) is 22.4 Å². The summed E-state index contributed by atoms with van der Waals surface area (Å²) >= 11 is 0. The van der Waals surface area contributed by atoms with Gasteiger partial charge in [-0.25, -0.2) is 0 Å². The van der Waals surface area contributed by atoms with Crippen molar-refractivity contribution in [1.82, 2.24) is 14.9 Å². The zero-order valence-electron chi connectivity index (χ0n) is 20.4. The Morgan fingerprint density at radius 1 is 1.18 bits per heavy atom. The summed E-state index contributed by atoms with van der Waals surface area (Å²) in [5.74, 6) is 0.383. The lowest BCUT2D eigenvalue weighted by atomic mass is 9.48. The van der Waals surface area contributed by atoms with Crippen LogP contribution in [0.2, 0.25) is 0 Å². The minimum atomic E-state index is -1.00. The third-order valence-corrected chi connectivity index (χ3v) is 9.69. The first-order chi connectivity index (χ1) is 16.0. The fourth-order valence-corrected chi connectivity index (χ4v) is 8.14. The van der Waals surface area contributed by atoms with E-state index in [-0.39, 0.29) is 23.7 Å². The Labute approximate surface area is 198 Å². The third kappa shape index (κ3) is 1.96. The summed E-state index contributed by atoms with van der Waals surface area (Å²) in [6.45, 7) is 10.9. The Morgan fingerprint density at radius 2 is 1.94 bits per heavy atom. The van der Waals surface area contributed by atoms with Crippen molar-refractivity contribution in [3.05, 3.63) is 35.0 Å². The van der Waals surface area contributed by atoms with Crippen LogP contribution < -0.4 is 10.1 Å². The minimum Gasteiger partial charge on any atom is -0.483 e. The topological polar surface area (TPSA) is 83.8 Å². The summed E-state index contributed by atoms with van der Waals surface area (Å²) in [6, 6.07) is 3.96. The van der Waals surface area contributed by atoms with Crippen LogP contribution in [0.25, 0.3) is 17.0 Å². The number of amides is 2. The molecule has 0 saturated carbocycles. The Bertz CT molecular complexity index is 1370. The first-order valence-electron chi connectivity index (χ1n) is 12.4. The molecular formula is C27H31N3O4. The van der Waals surface area contributed by atoms with E-state index in [9.17, 15) is 14.8 Å². The Balaban J connectivity index is 1.53. The van der Waals surface area contributed by atoms with E-state index >= 15 is 0 Å². The molecule has 1 aromatic carbocycles. The molecule has 2 aromatic rings. The number of fused-ring (bicyclic) bond motifs is 6. The number of benzene rings is 1. The van der Waals surface area contributed by atoms with Gasteiger partial charge in [-0.05, 0) is 63.0 Å². The lowest BCUT2D eigenvalue weighted by molar-refractivity contribution is -0.181. The van der Waals surface area contributed by atoms with Crippen LogP contribution >= 0.6 is 0 Å². The summed E-state index contributed by atoms with van der Waals surface area (Å²) in [6.07, 6.45) is 6.23. The summed E-state index contributed by atoms with van der Waals surface area (Å²) in [4.78, 5) is 29.5. The first-order valence-corrected chi connectivity index (χ1v) is 12.4. The summed E-state index contributed by atoms with van der Waals surface area (Å²) < 4.78 is 7.53. The molecule has 6 heterocycles. The van der Waals surface area contributed by atoms with Gasteiger partial charge in [-0.2, -0.15) is 4.73 Å². The smallest absolute Gasteiger partial charge is 0.250 e. The number of carbonyl (C=O) groups is 2. The van der Waals surface area contributed by atoms with E-state index in [1.54, 1.807) is 0 Å². The summed E-state index contributed by atoms with van der Waals surface area (Å²) in [7, 11) is 0. The molecule has 2 spiro atoms. The number of hydrogen-bond acceptors (Lipinski definition) is 4. The van der Waals surface area contributed by atoms with Crippen LogP contribution in [-0.4, -0.2) is 49.9 Å². The fourth-order valence-electron chi connectivity index (χ4n) is 8.14. The van der Waals surface area contributed by atoms with Crippen LogP contribution in [0.4, 0.5) is 0 Å². The molecule has 2 bridgehead atoms. The molecule has 5 aliphatic heterocycles. The molecule has 7 nitrogen and oxygen atoms in total. The second kappa shape index (κ2) is 5.64. The van der Waals surface area contributed by atoms with Crippen LogP contribution in [0.3, 0.4) is 0 Å². The number of carbonyl (C=O) groups excluding carboxylic acids is 2. The SMILES string of the molecule is CC1c2c(n(O)c3c4c(ccc23)OC(C)(C)C=C4)C(C)(C)C2CC34CCCN3C(=O)[C@]12NC4=O. The van der Waals surface area contributed by atoms with Crippen molar-refractivity contribution >= 4 is 28.8 Å².